The molecule has 0 fully saturated rings. The Labute approximate surface area is 275 Å². The van der Waals surface area contributed by atoms with Crippen molar-refractivity contribution in [3.8, 4) is 11.4 Å². The lowest BCUT2D eigenvalue weighted by Gasteiger charge is -2.23. The third kappa shape index (κ3) is 9.04. The highest BCUT2D eigenvalue weighted by Crippen LogP contribution is 2.25. The van der Waals surface area contributed by atoms with Gasteiger partial charge in [0.25, 0.3) is 0 Å². The van der Waals surface area contributed by atoms with E-state index in [1.54, 1.807) is 35.3 Å². The number of carboxylic acid groups (broad SMARTS) is 1. The number of nitrogens with zero attached hydrogens (tertiary/aromatic N) is 4. The molecule has 2 aromatic heterocycles. The topological polar surface area (TPSA) is 128 Å². The number of carbonyl (C=O) groups is 2. The molecular formula is C38H40N6O3. The van der Waals surface area contributed by atoms with Gasteiger partial charge in [-0.25, -0.2) is 9.36 Å². The van der Waals surface area contributed by atoms with Crippen LogP contribution >= 0.6 is 0 Å². The van der Waals surface area contributed by atoms with E-state index in [0.717, 1.165) is 22.5 Å². The van der Waals surface area contributed by atoms with Crippen molar-refractivity contribution in [2.24, 2.45) is 0 Å². The number of anilines is 2. The fraction of sp³-hybridized carbons (Fsp3) is 0.158. The van der Waals surface area contributed by atoms with Crippen molar-refractivity contribution in [3.05, 3.63) is 157 Å². The first-order valence-electron chi connectivity index (χ1n) is 15.1. The summed E-state index contributed by atoms with van der Waals surface area (Å²) in [5.74, 6) is 0.206. The molecule has 0 unspecified atom stereocenters. The van der Waals surface area contributed by atoms with Crippen molar-refractivity contribution < 1.29 is 14.7 Å². The van der Waals surface area contributed by atoms with Gasteiger partial charge >= 0.3 is 5.97 Å². The second-order valence-corrected chi connectivity index (χ2v) is 11.7. The molecule has 0 aliphatic rings. The van der Waals surface area contributed by atoms with Gasteiger partial charge in [0.2, 0.25) is 5.91 Å². The lowest BCUT2D eigenvalue weighted by molar-refractivity contribution is -0.142. The van der Waals surface area contributed by atoms with Crippen LogP contribution in [-0.2, 0) is 20.4 Å². The summed E-state index contributed by atoms with van der Waals surface area (Å²) in [6, 6.07) is 42.2. The van der Waals surface area contributed by atoms with Gasteiger partial charge in [-0.3, -0.25) is 9.59 Å². The smallest absolute Gasteiger partial charge is 0.313 e. The minimum Gasteiger partial charge on any atom is -0.481 e. The molecule has 0 saturated carbocycles. The molecule has 6 aromatic rings. The highest BCUT2D eigenvalue weighted by molar-refractivity contribution is 5.97. The summed E-state index contributed by atoms with van der Waals surface area (Å²) < 4.78 is 3.49. The SMILES string of the molecule is CC(C)(C(=O)Nc1ccn(-c2ccccc2)n1)c1ccccc1.CC(C)(C(=O)O)c1ccccc1.Nc1ccn(-c2ccccc2)n1. The quantitative estimate of drug-likeness (QED) is 0.170. The number of para-hydroxylation sites is 2. The predicted molar refractivity (Wildman–Crippen MR) is 187 cm³/mol. The largest absolute Gasteiger partial charge is 0.481 e. The van der Waals surface area contributed by atoms with Crippen molar-refractivity contribution in [1.29, 1.82) is 0 Å². The van der Waals surface area contributed by atoms with Gasteiger partial charge in [0.05, 0.1) is 22.2 Å². The monoisotopic (exact) mass is 628 g/mol. The molecule has 4 aromatic carbocycles. The van der Waals surface area contributed by atoms with E-state index in [4.69, 9.17) is 10.8 Å². The number of aliphatic carboxylic acids is 1. The van der Waals surface area contributed by atoms with Gasteiger partial charge in [0.1, 0.15) is 5.82 Å². The second-order valence-electron chi connectivity index (χ2n) is 11.7. The van der Waals surface area contributed by atoms with E-state index >= 15 is 0 Å². The Balaban J connectivity index is 0.000000176. The Kier molecular flexibility index (Phi) is 11.1. The number of carboxylic acids is 1. The van der Waals surface area contributed by atoms with E-state index in [-0.39, 0.29) is 5.91 Å². The van der Waals surface area contributed by atoms with Crippen LogP contribution in [0.25, 0.3) is 11.4 Å². The first kappa shape index (κ1) is 33.9. The van der Waals surface area contributed by atoms with Crippen molar-refractivity contribution >= 4 is 23.5 Å². The number of hydrogen-bond donors (Lipinski definition) is 3. The summed E-state index contributed by atoms with van der Waals surface area (Å²) in [7, 11) is 0. The van der Waals surface area contributed by atoms with Crippen LogP contribution in [0.2, 0.25) is 0 Å². The van der Waals surface area contributed by atoms with Crippen LogP contribution in [0.3, 0.4) is 0 Å². The van der Waals surface area contributed by atoms with Crippen molar-refractivity contribution in [1.82, 2.24) is 19.6 Å². The molecule has 0 bridgehead atoms. The van der Waals surface area contributed by atoms with Crippen molar-refractivity contribution in [2.45, 2.75) is 38.5 Å². The van der Waals surface area contributed by atoms with Crippen LogP contribution in [0.1, 0.15) is 38.8 Å². The molecule has 0 radical (unpaired) electrons. The predicted octanol–water partition coefficient (Wildman–Crippen LogP) is 7.29. The molecule has 240 valence electrons. The van der Waals surface area contributed by atoms with Gasteiger partial charge in [-0.1, -0.05) is 97.1 Å². The van der Waals surface area contributed by atoms with E-state index in [1.807, 2.05) is 148 Å². The number of nitrogens with two attached hydrogens (primary N) is 1. The van der Waals surface area contributed by atoms with Gasteiger partial charge < -0.3 is 16.2 Å². The summed E-state index contributed by atoms with van der Waals surface area (Å²) in [5.41, 5.74) is 7.85. The maximum absolute atomic E-state index is 12.6. The molecule has 0 atom stereocenters. The Morgan fingerprint density at radius 2 is 1.00 bits per heavy atom. The van der Waals surface area contributed by atoms with E-state index in [0.29, 0.717) is 11.6 Å². The Hall–Kier alpha value is -5.96. The lowest BCUT2D eigenvalue weighted by atomic mass is 9.84. The zero-order valence-electron chi connectivity index (χ0n) is 27.0. The number of amides is 1. The van der Waals surface area contributed by atoms with Crippen LogP contribution in [0.4, 0.5) is 11.6 Å². The van der Waals surface area contributed by atoms with Crippen LogP contribution in [0, 0.1) is 0 Å². The molecule has 0 aliphatic carbocycles. The third-order valence-electron chi connectivity index (χ3n) is 7.58. The van der Waals surface area contributed by atoms with Crippen LogP contribution in [0.5, 0.6) is 0 Å². The molecule has 6 rings (SSSR count). The average molecular weight is 629 g/mol. The summed E-state index contributed by atoms with van der Waals surface area (Å²) in [6.45, 7) is 7.22. The highest BCUT2D eigenvalue weighted by Gasteiger charge is 2.30. The standard InChI is InChI=1S/C19H19N3O.C10H12O2.C9H9N3/c1-19(2,15-9-5-3-6-10-15)18(23)20-17-13-14-22(21-17)16-11-7-4-8-12-16;1-10(2,9(11)12)8-6-4-3-5-7-8;10-9-6-7-12(11-9)8-4-2-1-3-5-8/h3-14H,1-2H3,(H,20,21,23);3-7H,1-2H3,(H,11,12);1-7H,(H2,10,11). The number of benzene rings is 4. The maximum Gasteiger partial charge on any atom is 0.313 e. The number of rotatable bonds is 7. The first-order chi connectivity index (χ1) is 22.5. The molecule has 9 heteroatoms. The van der Waals surface area contributed by atoms with E-state index < -0.39 is 16.8 Å². The molecule has 2 heterocycles. The number of hydrogen-bond acceptors (Lipinski definition) is 5. The molecule has 9 nitrogen and oxygen atoms in total. The normalized spacial score (nSPS) is 10.9. The fourth-order valence-corrected chi connectivity index (χ4v) is 4.41. The summed E-state index contributed by atoms with van der Waals surface area (Å²) in [5, 5.41) is 20.3. The molecule has 47 heavy (non-hydrogen) atoms. The zero-order chi connectivity index (χ0) is 33.9. The Bertz CT molecular complexity index is 1850. The third-order valence-corrected chi connectivity index (χ3v) is 7.58. The van der Waals surface area contributed by atoms with Crippen molar-refractivity contribution in [3.63, 3.8) is 0 Å². The molecule has 0 aliphatic heterocycles. The van der Waals surface area contributed by atoms with Crippen LogP contribution in [-0.4, -0.2) is 36.5 Å². The van der Waals surface area contributed by atoms with E-state index in [2.05, 4.69) is 15.5 Å². The van der Waals surface area contributed by atoms with E-state index in [9.17, 15) is 9.59 Å². The van der Waals surface area contributed by atoms with E-state index in [1.165, 1.54) is 0 Å². The molecular weight excluding hydrogens is 588 g/mol. The number of aromatic nitrogens is 4. The fourth-order valence-electron chi connectivity index (χ4n) is 4.41. The number of nitrogens with one attached hydrogen (secondary N) is 1. The Morgan fingerprint density at radius 3 is 1.43 bits per heavy atom. The van der Waals surface area contributed by atoms with Gasteiger partial charge in [-0.15, -0.1) is 0 Å². The summed E-state index contributed by atoms with van der Waals surface area (Å²) in [6.07, 6.45) is 3.67. The number of nitrogen functional groups attached to an aromatic ring is 1. The zero-order valence-corrected chi connectivity index (χ0v) is 27.0. The Morgan fingerprint density at radius 1 is 0.596 bits per heavy atom. The minimum absolute atomic E-state index is 0.0815. The lowest BCUT2D eigenvalue weighted by Crippen LogP contribution is -2.34. The summed E-state index contributed by atoms with van der Waals surface area (Å²) >= 11 is 0. The van der Waals surface area contributed by atoms with Crippen molar-refractivity contribution in [2.75, 3.05) is 11.1 Å². The first-order valence-corrected chi connectivity index (χ1v) is 15.1. The number of carbonyl (C=O) groups excluding carboxylic acids is 1. The molecule has 4 N–H and O–H groups in total. The average Bonchev–Trinajstić information content (AvgIpc) is 3.76. The van der Waals surface area contributed by atoms with Gasteiger partial charge in [0, 0.05) is 24.5 Å². The van der Waals surface area contributed by atoms with Gasteiger partial charge in [0.15, 0.2) is 5.82 Å². The molecule has 0 spiro atoms. The minimum atomic E-state index is -0.797. The maximum atomic E-state index is 12.6. The molecule has 0 saturated heterocycles. The highest BCUT2D eigenvalue weighted by atomic mass is 16.4. The summed E-state index contributed by atoms with van der Waals surface area (Å²) in [4.78, 5) is 23.4. The van der Waals surface area contributed by atoms with Crippen LogP contribution < -0.4 is 11.1 Å². The second kappa shape index (κ2) is 15.4. The van der Waals surface area contributed by atoms with Gasteiger partial charge in [-0.2, -0.15) is 10.2 Å². The van der Waals surface area contributed by atoms with Crippen LogP contribution in [0.15, 0.2) is 146 Å². The molecule has 1 amide bonds. The van der Waals surface area contributed by atoms with Gasteiger partial charge in [-0.05, 0) is 63.1 Å².